The van der Waals surface area contributed by atoms with Crippen LogP contribution in [0.5, 0.6) is 0 Å². The van der Waals surface area contributed by atoms with Crippen molar-refractivity contribution in [3.8, 4) is 0 Å². The minimum Gasteiger partial charge on any atom is -0.459 e. The van der Waals surface area contributed by atoms with Crippen LogP contribution in [0.15, 0.2) is 52.1 Å². The fraction of sp³-hybridized carbons (Fsp3) is 0.429. The van der Waals surface area contributed by atoms with Crippen molar-refractivity contribution in [1.82, 2.24) is 10.6 Å². The Balaban J connectivity index is 1.38. The van der Waals surface area contributed by atoms with Crippen molar-refractivity contribution in [3.05, 3.63) is 54.0 Å². The smallest absolute Gasteiger partial charge is 0.291 e. The molecule has 0 radical (unpaired) electrons. The van der Waals surface area contributed by atoms with Gasteiger partial charge in [-0.15, -0.1) is 0 Å². The Morgan fingerprint density at radius 2 is 2.18 bits per heavy atom. The van der Waals surface area contributed by atoms with Crippen LogP contribution in [0.1, 0.15) is 42.3 Å². The van der Waals surface area contributed by atoms with Crippen LogP contribution in [0.25, 0.3) is 0 Å². The van der Waals surface area contributed by atoms with Crippen LogP contribution in [0.3, 0.4) is 0 Å². The second-order valence-electron chi connectivity index (χ2n) is 7.19. The Kier molecular flexibility index (Phi) is 5.62. The van der Waals surface area contributed by atoms with Crippen LogP contribution in [-0.4, -0.2) is 36.7 Å². The number of hydrogen-bond acceptors (Lipinski definition) is 4. The summed E-state index contributed by atoms with van der Waals surface area (Å²) in [4.78, 5) is 16.8. The van der Waals surface area contributed by atoms with Crippen molar-refractivity contribution in [3.63, 3.8) is 0 Å². The lowest BCUT2D eigenvalue weighted by Crippen LogP contribution is -2.47. The Morgan fingerprint density at radius 1 is 1.25 bits per heavy atom. The number of ether oxygens (including phenoxy) is 1. The summed E-state index contributed by atoms with van der Waals surface area (Å²) in [5.74, 6) is 0.820. The molecule has 3 unspecified atom stereocenters. The van der Waals surface area contributed by atoms with E-state index < -0.39 is 0 Å². The van der Waals surface area contributed by atoms with Gasteiger partial charge in [0, 0.05) is 12.2 Å². The predicted molar refractivity (Wildman–Crippen MR) is 107 cm³/mol. The molecule has 0 aliphatic carbocycles. The molecule has 2 fully saturated rings. The van der Waals surface area contributed by atoms with E-state index in [9.17, 15) is 4.79 Å². The molecule has 28 heavy (non-hydrogen) atoms. The van der Waals surface area contributed by atoms with Gasteiger partial charge in [0.1, 0.15) is 0 Å². The lowest BCUT2D eigenvalue weighted by molar-refractivity contribution is 0.0990. The minimum atomic E-state index is -0.267. The van der Waals surface area contributed by atoms with Gasteiger partial charge in [-0.2, -0.15) is 0 Å². The third-order valence-corrected chi connectivity index (χ3v) is 5.12. The number of amides is 1. The molecular weight excluding hydrogens is 356 g/mol. The summed E-state index contributed by atoms with van der Waals surface area (Å²) in [7, 11) is 0. The summed E-state index contributed by atoms with van der Waals surface area (Å²) in [5, 5.41) is 9.67. The molecule has 1 aromatic heterocycles. The van der Waals surface area contributed by atoms with Gasteiger partial charge in [0.05, 0.1) is 31.1 Å². The van der Waals surface area contributed by atoms with Crippen molar-refractivity contribution >= 4 is 17.6 Å². The number of benzene rings is 1. The van der Waals surface area contributed by atoms with Crippen molar-refractivity contribution in [2.24, 2.45) is 4.99 Å². The number of hydrogen-bond donors (Lipinski definition) is 3. The molecule has 0 saturated carbocycles. The minimum absolute atomic E-state index is 0.267. The molecule has 3 atom stereocenters. The Morgan fingerprint density at radius 3 is 2.89 bits per heavy atom. The standard InChI is InChI=1S/C21H26N4O3/c1-2-22-21(25-17-12-16-8-9-18(17)28-16)23-13-14-5-3-6-15(11-14)24-20(26)19-7-4-10-27-19/h3-7,10-11,16-18H,2,8-9,12-13H2,1H3,(H,24,26)(H2,22,23,25). The summed E-state index contributed by atoms with van der Waals surface area (Å²) in [6.45, 7) is 3.37. The summed E-state index contributed by atoms with van der Waals surface area (Å²) >= 11 is 0. The first-order chi connectivity index (χ1) is 13.7. The fourth-order valence-electron chi connectivity index (χ4n) is 3.80. The van der Waals surface area contributed by atoms with Gasteiger partial charge in [0.15, 0.2) is 11.7 Å². The molecule has 7 nitrogen and oxygen atoms in total. The van der Waals surface area contributed by atoms with Crippen molar-refractivity contribution in [2.45, 2.75) is 51.0 Å². The summed E-state index contributed by atoms with van der Waals surface area (Å²) in [6, 6.07) is 11.3. The van der Waals surface area contributed by atoms with Gasteiger partial charge < -0.3 is 25.1 Å². The van der Waals surface area contributed by atoms with Crippen LogP contribution >= 0.6 is 0 Å². The van der Waals surface area contributed by atoms with E-state index in [-0.39, 0.29) is 11.7 Å². The van der Waals surface area contributed by atoms with Gasteiger partial charge in [0.25, 0.3) is 5.91 Å². The molecule has 2 saturated heterocycles. The monoisotopic (exact) mass is 382 g/mol. The maximum Gasteiger partial charge on any atom is 0.291 e. The molecule has 2 bridgehead atoms. The first kappa shape index (κ1) is 18.6. The highest BCUT2D eigenvalue weighted by Crippen LogP contribution is 2.34. The number of furan rings is 1. The van der Waals surface area contributed by atoms with Crippen LogP contribution in [-0.2, 0) is 11.3 Å². The molecule has 1 amide bonds. The normalized spacial score (nSPS) is 23.6. The number of carbonyl (C=O) groups excluding carboxylic acids is 1. The third kappa shape index (κ3) is 4.36. The van der Waals surface area contributed by atoms with Gasteiger partial charge in [-0.05, 0) is 56.0 Å². The van der Waals surface area contributed by atoms with Crippen LogP contribution in [0, 0.1) is 0 Å². The second-order valence-corrected chi connectivity index (χ2v) is 7.19. The Hall–Kier alpha value is -2.80. The fourth-order valence-corrected chi connectivity index (χ4v) is 3.80. The first-order valence-electron chi connectivity index (χ1n) is 9.85. The van der Waals surface area contributed by atoms with Crippen molar-refractivity contribution in [1.29, 1.82) is 0 Å². The highest BCUT2D eigenvalue weighted by Gasteiger charge is 2.41. The number of fused-ring (bicyclic) bond motifs is 2. The zero-order chi connectivity index (χ0) is 19.3. The highest BCUT2D eigenvalue weighted by atomic mass is 16.5. The molecule has 2 aliphatic rings. The van der Waals surface area contributed by atoms with E-state index in [1.165, 1.54) is 12.7 Å². The third-order valence-electron chi connectivity index (χ3n) is 5.12. The number of carbonyl (C=O) groups is 1. The molecule has 1 aromatic carbocycles. The van der Waals surface area contributed by atoms with E-state index in [1.54, 1.807) is 12.1 Å². The average Bonchev–Trinajstić information content (AvgIpc) is 3.44. The van der Waals surface area contributed by atoms with Crippen LogP contribution in [0.2, 0.25) is 0 Å². The number of guanidine groups is 1. The number of aliphatic imine (C=N–C) groups is 1. The molecule has 3 N–H and O–H groups in total. The number of anilines is 1. The second kappa shape index (κ2) is 8.48. The highest BCUT2D eigenvalue weighted by molar-refractivity contribution is 6.02. The molecule has 2 aliphatic heterocycles. The topological polar surface area (TPSA) is 87.9 Å². The van der Waals surface area contributed by atoms with E-state index in [0.29, 0.717) is 30.5 Å². The molecule has 7 heteroatoms. The molecule has 0 spiro atoms. The Labute approximate surface area is 164 Å². The lowest BCUT2D eigenvalue weighted by Gasteiger charge is -2.22. The Bertz CT molecular complexity index is 834. The zero-order valence-corrected chi connectivity index (χ0v) is 16.0. The quantitative estimate of drug-likeness (QED) is 0.528. The van der Waals surface area contributed by atoms with Crippen LogP contribution < -0.4 is 16.0 Å². The summed E-state index contributed by atoms with van der Waals surface area (Å²) in [5.41, 5.74) is 1.73. The number of nitrogens with zero attached hydrogens (tertiary/aromatic N) is 1. The van der Waals surface area contributed by atoms with E-state index in [0.717, 1.165) is 30.9 Å². The maximum atomic E-state index is 12.1. The van der Waals surface area contributed by atoms with Gasteiger partial charge in [-0.25, -0.2) is 4.99 Å². The number of nitrogens with one attached hydrogen (secondary N) is 3. The van der Waals surface area contributed by atoms with E-state index in [4.69, 9.17) is 14.1 Å². The molecule has 148 valence electrons. The zero-order valence-electron chi connectivity index (χ0n) is 16.0. The van der Waals surface area contributed by atoms with E-state index in [2.05, 4.69) is 22.9 Å². The van der Waals surface area contributed by atoms with Crippen LogP contribution in [0.4, 0.5) is 5.69 Å². The SMILES string of the molecule is CCNC(=NCc1cccc(NC(=O)c2ccco2)c1)NC1CC2CCC1O2. The van der Waals surface area contributed by atoms with Gasteiger partial charge in [0.2, 0.25) is 0 Å². The van der Waals surface area contributed by atoms with Gasteiger partial charge in [-0.1, -0.05) is 12.1 Å². The van der Waals surface area contributed by atoms with Gasteiger partial charge >= 0.3 is 0 Å². The predicted octanol–water partition coefficient (Wildman–Crippen LogP) is 2.91. The molecule has 2 aromatic rings. The van der Waals surface area contributed by atoms with Crippen molar-refractivity contribution in [2.75, 3.05) is 11.9 Å². The lowest BCUT2D eigenvalue weighted by atomic mass is 9.96. The van der Waals surface area contributed by atoms with Gasteiger partial charge in [-0.3, -0.25) is 4.79 Å². The molecule has 4 rings (SSSR count). The average molecular weight is 382 g/mol. The van der Waals surface area contributed by atoms with E-state index >= 15 is 0 Å². The summed E-state index contributed by atoms with van der Waals surface area (Å²) < 4.78 is 11.0. The number of rotatable bonds is 6. The molecular formula is C21H26N4O3. The maximum absolute atomic E-state index is 12.1. The van der Waals surface area contributed by atoms with E-state index in [1.807, 2.05) is 24.3 Å². The largest absolute Gasteiger partial charge is 0.459 e. The van der Waals surface area contributed by atoms with Crippen molar-refractivity contribution < 1.29 is 13.9 Å². The molecule has 3 heterocycles. The first-order valence-corrected chi connectivity index (χ1v) is 9.85. The summed E-state index contributed by atoms with van der Waals surface area (Å²) in [6.07, 6.45) is 5.53.